The molecule has 0 bridgehead atoms. The highest BCUT2D eigenvalue weighted by atomic mass is 35.5. The molecule has 1 amide bonds. The first-order valence-electron chi connectivity index (χ1n) is 10.1. The molecule has 3 aromatic rings. The lowest BCUT2D eigenvalue weighted by molar-refractivity contribution is -0.132. The Morgan fingerprint density at radius 1 is 1.09 bits per heavy atom. The van der Waals surface area contributed by atoms with Crippen molar-refractivity contribution < 1.29 is 17.6 Å². The molecule has 0 spiro atoms. The van der Waals surface area contributed by atoms with Crippen molar-refractivity contribution >= 4 is 38.9 Å². The minimum atomic E-state index is -3.95. The number of halogens is 2. The maximum Gasteiger partial charge on any atom is 0.243 e. The van der Waals surface area contributed by atoms with Gasteiger partial charge in [-0.2, -0.15) is 4.31 Å². The molecule has 3 rings (SSSR count). The van der Waals surface area contributed by atoms with E-state index in [2.05, 4.69) is 6.58 Å². The largest absolute Gasteiger partial charge is 0.332 e. The highest BCUT2D eigenvalue weighted by Gasteiger charge is 2.28. The van der Waals surface area contributed by atoms with Crippen molar-refractivity contribution in [1.29, 1.82) is 0 Å². The molecule has 1 aromatic heterocycles. The molecule has 174 valence electrons. The summed E-state index contributed by atoms with van der Waals surface area (Å²) in [5.74, 6) is -0.733. The fraction of sp³-hybridized carbons (Fsp3) is 0.208. The summed E-state index contributed by atoms with van der Waals surface area (Å²) in [6, 6.07) is 13.7. The molecule has 1 heterocycles. The van der Waals surface area contributed by atoms with Crippen molar-refractivity contribution in [3.8, 4) is 0 Å². The van der Waals surface area contributed by atoms with E-state index in [0.717, 1.165) is 20.3 Å². The zero-order chi connectivity index (χ0) is 24.0. The average molecular weight is 507 g/mol. The Balaban J connectivity index is 1.87. The maximum atomic E-state index is 13.4. The van der Waals surface area contributed by atoms with Crippen LogP contribution < -0.4 is 0 Å². The summed E-state index contributed by atoms with van der Waals surface area (Å²) < 4.78 is 40.8. The molecule has 0 atom stereocenters. The number of carbonyl (C=O) groups is 1. The first-order chi connectivity index (χ1) is 15.7. The van der Waals surface area contributed by atoms with E-state index >= 15 is 0 Å². The van der Waals surface area contributed by atoms with Crippen LogP contribution in [0.2, 0.25) is 5.02 Å². The molecule has 33 heavy (non-hydrogen) atoms. The third-order valence-electron chi connectivity index (χ3n) is 5.04. The molecule has 0 radical (unpaired) electrons. The summed E-state index contributed by atoms with van der Waals surface area (Å²) in [7, 11) is -3.95. The molecule has 0 saturated heterocycles. The molecule has 2 aromatic carbocycles. The number of nitrogens with zero attached hydrogens (tertiary/aromatic N) is 2. The Bertz CT molecular complexity index is 1210. The predicted octanol–water partition coefficient (Wildman–Crippen LogP) is 5.25. The molecular formula is C24H24ClFN2O3S2. The Morgan fingerprint density at radius 3 is 2.33 bits per heavy atom. The maximum absolute atomic E-state index is 13.4. The Labute approximate surface area is 202 Å². The molecular weight excluding hydrogens is 483 g/mol. The van der Waals surface area contributed by atoms with Gasteiger partial charge in [-0.05, 0) is 65.9 Å². The topological polar surface area (TPSA) is 57.7 Å². The minimum Gasteiger partial charge on any atom is -0.332 e. The van der Waals surface area contributed by atoms with Crippen molar-refractivity contribution in [1.82, 2.24) is 9.21 Å². The van der Waals surface area contributed by atoms with Gasteiger partial charge < -0.3 is 4.90 Å². The Kier molecular flexibility index (Phi) is 8.42. The van der Waals surface area contributed by atoms with Gasteiger partial charge in [0.15, 0.2) is 0 Å². The number of amides is 1. The zero-order valence-corrected chi connectivity index (χ0v) is 20.5. The number of thiophene rings is 1. The lowest BCUT2D eigenvalue weighted by atomic mass is 10.2. The second kappa shape index (κ2) is 11.1. The molecule has 0 unspecified atom stereocenters. The normalized spacial score (nSPS) is 11.5. The molecule has 0 saturated carbocycles. The van der Waals surface area contributed by atoms with Gasteiger partial charge in [0.25, 0.3) is 0 Å². The monoisotopic (exact) mass is 506 g/mol. The second-order valence-electron chi connectivity index (χ2n) is 7.44. The second-order valence-corrected chi connectivity index (χ2v) is 10.8. The Hall–Kier alpha value is -2.52. The smallest absolute Gasteiger partial charge is 0.243 e. The SMILES string of the molecule is C=CCN(CC(=O)N(Cc1ccc(F)cc1)Cc1sccc1C)S(=O)(=O)c1ccc(Cl)cc1. The van der Waals surface area contributed by atoms with E-state index in [4.69, 9.17) is 11.6 Å². The van der Waals surface area contributed by atoms with Crippen LogP contribution in [0, 0.1) is 12.7 Å². The number of rotatable bonds is 10. The average Bonchev–Trinajstić information content (AvgIpc) is 3.19. The predicted molar refractivity (Wildman–Crippen MR) is 130 cm³/mol. The van der Waals surface area contributed by atoms with Crippen LogP contribution in [0.5, 0.6) is 0 Å². The van der Waals surface area contributed by atoms with Crippen molar-refractivity contribution in [3.63, 3.8) is 0 Å². The molecule has 9 heteroatoms. The standard InChI is InChI=1S/C24H24ClFN2O3S2/c1-3-13-28(33(30,31)22-10-6-20(25)7-11-22)17-24(29)27(16-23-18(2)12-14-32-23)15-19-4-8-21(26)9-5-19/h3-12,14H,1,13,15-17H2,2H3. The van der Waals surface area contributed by atoms with E-state index in [1.165, 1.54) is 53.8 Å². The van der Waals surface area contributed by atoms with E-state index in [1.807, 2.05) is 18.4 Å². The van der Waals surface area contributed by atoms with Gasteiger partial charge in [-0.3, -0.25) is 4.79 Å². The quantitative estimate of drug-likeness (QED) is 0.353. The number of hydrogen-bond donors (Lipinski definition) is 0. The van der Waals surface area contributed by atoms with E-state index < -0.39 is 10.0 Å². The van der Waals surface area contributed by atoms with Gasteiger partial charge >= 0.3 is 0 Å². The van der Waals surface area contributed by atoms with Crippen LogP contribution in [0.15, 0.2) is 77.5 Å². The minimum absolute atomic E-state index is 0.0287. The van der Waals surface area contributed by atoms with Gasteiger partial charge in [-0.1, -0.05) is 29.8 Å². The number of benzene rings is 2. The van der Waals surface area contributed by atoms with Crippen LogP contribution in [0.1, 0.15) is 16.0 Å². The van der Waals surface area contributed by atoms with Gasteiger partial charge in [0.1, 0.15) is 5.82 Å². The van der Waals surface area contributed by atoms with Crippen LogP contribution in [0.25, 0.3) is 0 Å². The summed E-state index contributed by atoms with van der Waals surface area (Å²) in [5.41, 5.74) is 1.79. The summed E-state index contributed by atoms with van der Waals surface area (Å²) in [4.78, 5) is 16.0. The van der Waals surface area contributed by atoms with E-state index in [9.17, 15) is 17.6 Å². The Morgan fingerprint density at radius 2 is 1.76 bits per heavy atom. The third-order valence-corrected chi connectivity index (χ3v) is 8.12. The molecule has 5 nitrogen and oxygen atoms in total. The fourth-order valence-electron chi connectivity index (χ4n) is 3.18. The van der Waals surface area contributed by atoms with Gasteiger partial charge in [0.05, 0.1) is 18.0 Å². The summed E-state index contributed by atoms with van der Waals surface area (Å²) >= 11 is 7.41. The lowest BCUT2D eigenvalue weighted by Gasteiger charge is -2.27. The molecule has 0 aliphatic carbocycles. The number of sulfonamides is 1. The van der Waals surface area contributed by atoms with Crippen LogP contribution in [0.4, 0.5) is 4.39 Å². The molecule has 0 N–H and O–H groups in total. The van der Waals surface area contributed by atoms with Crippen molar-refractivity contribution in [3.05, 3.63) is 99.5 Å². The molecule has 0 fully saturated rings. The van der Waals surface area contributed by atoms with E-state index in [-0.39, 0.29) is 36.3 Å². The zero-order valence-electron chi connectivity index (χ0n) is 18.1. The van der Waals surface area contributed by atoms with Crippen molar-refractivity contribution in [2.24, 2.45) is 0 Å². The highest BCUT2D eigenvalue weighted by Crippen LogP contribution is 2.22. The summed E-state index contributed by atoms with van der Waals surface area (Å²) in [6.07, 6.45) is 1.44. The third kappa shape index (κ3) is 6.51. The molecule has 0 aliphatic rings. The first-order valence-corrected chi connectivity index (χ1v) is 12.8. The van der Waals surface area contributed by atoms with Gasteiger partial charge in [0, 0.05) is 23.0 Å². The van der Waals surface area contributed by atoms with Crippen molar-refractivity contribution in [2.75, 3.05) is 13.1 Å². The molecule has 0 aliphatic heterocycles. The van der Waals surface area contributed by atoms with E-state index in [0.29, 0.717) is 11.6 Å². The lowest BCUT2D eigenvalue weighted by Crippen LogP contribution is -2.42. The van der Waals surface area contributed by atoms with Crippen LogP contribution in [-0.4, -0.2) is 36.6 Å². The van der Waals surface area contributed by atoms with Crippen LogP contribution in [0.3, 0.4) is 0 Å². The van der Waals surface area contributed by atoms with Crippen molar-refractivity contribution in [2.45, 2.75) is 24.9 Å². The van der Waals surface area contributed by atoms with Gasteiger partial charge in [0.2, 0.25) is 15.9 Å². The number of aryl methyl sites for hydroxylation is 1. The van der Waals surface area contributed by atoms with Gasteiger partial charge in [-0.15, -0.1) is 17.9 Å². The van der Waals surface area contributed by atoms with Crippen LogP contribution >= 0.6 is 22.9 Å². The van der Waals surface area contributed by atoms with Gasteiger partial charge in [-0.25, -0.2) is 12.8 Å². The number of hydrogen-bond acceptors (Lipinski definition) is 4. The summed E-state index contributed by atoms with van der Waals surface area (Å²) in [6.45, 7) is 5.75. The fourth-order valence-corrected chi connectivity index (χ4v) is 5.59. The first kappa shape index (κ1) is 25.1. The van der Waals surface area contributed by atoms with E-state index in [1.54, 1.807) is 17.0 Å². The summed E-state index contributed by atoms with van der Waals surface area (Å²) in [5, 5.41) is 2.36. The highest BCUT2D eigenvalue weighted by molar-refractivity contribution is 7.89. The van der Waals surface area contributed by atoms with Crippen LogP contribution in [-0.2, 0) is 27.9 Å². The number of carbonyl (C=O) groups excluding carboxylic acids is 1.